The van der Waals surface area contributed by atoms with Crippen molar-refractivity contribution in [3.05, 3.63) is 77.4 Å². The van der Waals surface area contributed by atoms with E-state index in [-0.39, 0.29) is 11.7 Å². The zero-order valence-corrected chi connectivity index (χ0v) is 17.6. The SMILES string of the molecule is CC(=S)c1cc(C(=O)O)n(C(C)c2ccnc3c2ccn3Oc2ccc(C)cc2)n1. The fourth-order valence-electron chi connectivity index (χ4n) is 3.34. The average Bonchev–Trinajstić information content (AvgIpc) is 3.34. The van der Waals surface area contributed by atoms with Crippen LogP contribution < -0.4 is 4.84 Å². The molecule has 0 amide bonds. The molecule has 0 saturated heterocycles. The first-order valence-corrected chi connectivity index (χ1v) is 9.80. The number of aryl methyl sites for hydroxylation is 1. The van der Waals surface area contributed by atoms with Crippen LogP contribution in [0.2, 0.25) is 0 Å². The zero-order valence-electron chi connectivity index (χ0n) is 16.7. The molecule has 3 aromatic heterocycles. The van der Waals surface area contributed by atoms with E-state index < -0.39 is 5.97 Å². The smallest absolute Gasteiger partial charge is 0.354 e. The maximum absolute atomic E-state index is 11.7. The lowest BCUT2D eigenvalue weighted by molar-refractivity contribution is 0.0682. The van der Waals surface area contributed by atoms with Gasteiger partial charge in [0.15, 0.2) is 11.4 Å². The molecule has 4 aromatic rings. The molecule has 1 atom stereocenters. The Balaban J connectivity index is 1.75. The van der Waals surface area contributed by atoms with E-state index in [9.17, 15) is 9.90 Å². The lowest BCUT2D eigenvalue weighted by Gasteiger charge is -2.16. The Hall–Kier alpha value is -3.52. The van der Waals surface area contributed by atoms with Crippen LogP contribution in [0.4, 0.5) is 0 Å². The summed E-state index contributed by atoms with van der Waals surface area (Å²) in [6.45, 7) is 5.64. The summed E-state index contributed by atoms with van der Waals surface area (Å²) in [4.78, 5) is 22.7. The number of carboxylic acids is 1. The molecule has 0 radical (unpaired) electrons. The largest absolute Gasteiger partial charge is 0.477 e. The van der Waals surface area contributed by atoms with E-state index in [0.717, 1.165) is 16.5 Å². The van der Waals surface area contributed by atoms with Gasteiger partial charge in [-0.05, 0) is 56.7 Å². The van der Waals surface area contributed by atoms with Gasteiger partial charge in [0.05, 0.1) is 11.7 Å². The van der Waals surface area contributed by atoms with Crippen molar-refractivity contribution in [2.24, 2.45) is 0 Å². The quantitative estimate of drug-likeness (QED) is 0.367. The van der Waals surface area contributed by atoms with Crippen molar-refractivity contribution in [1.82, 2.24) is 19.5 Å². The van der Waals surface area contributed by atoms with Crippen LogP contribution in [0.3, 0.4) is 0 Å². The molecule has 0 spiro atoms. The Kier molecular flexibility index (Phi) is 5.09. The molecule has 0 aliphatic heterocycles. The Morgan fingerprint density at radius 1 is 1.20 bits per heavy atom. The van der Waals surface area contributed by atoms with Crippen LogP contribution in [-0.4, -0.2) is 35.4 Å². The first-order valence-electron chi connectivity index (χ1n) is 9.40. The normalized spacial score (nSPS) is 12.1. The number of benzene rings is 1. The van der Waals surface area contributed by atoms with Crippen LogP contribution in [0.1, 0.15) is 47.2 Å². The molecule has 0 aliphatic carbocycles. The molecule has 0 saturated carbocycles. The van der Waals surface area contributed by atoms with Crippen LogP contribution in [0, 0.1) is 6.92 Å². The first-order chi connectivity index (χ1) is 14.3. The third-order valence-electron chi connectivity index (χ3n) is 4.95. The molecule has 30 heavy (non-hydrogen) atoms. The van der Waals surface area contributed by atoms with Crippen molar-refractivity contribution in [3.8, 4) is 5.75 Å². The highest BCUT2D eigenvalue weighted by Gasteiger charge is 2.22. The Bertz CT molecular complexity index is 1260. The molecule has 0 bridgehead atoms. The number of pyridine rings is 1. The number of carboxylic acid groups (broad SMARTS) is 1. The van der Waals surface area contributed by atoms with Crippen molar-refractivity contribution in [2.75, 3.05) is 0 Å². The molecule has 1 N–H and O–H groups in total. The van der Waals surface area contributed by atoms with Gasteiger partial charge in [-0.2, -0.15) is 9.83 Å². The van der Waals surface area contributed by atoms with Gasteiger partial charge in [-0.1, -0.05) is 29.9 Å². The number of rotatable bonds is 6. The Morgan fingerprint density at radius 2 is 1.93 bits per heavy atom. The van der Waals surface area contributed by atoms with Crippen LogP contribution in [0.5, 0.6) is 5.75 Å². The number of fused-ring (bicyclic) bond motifs is 1. The van der Waals surface area contributed by atoms with Crippen molar-refractivity contribution in [3.63, 3.8) is 0 Å². The second-order valence-electron chi connectivity index (χ2n) is 7.08. The number of aromatic nitrogens is 4. The van der Waals surface area contributed by atoms with E-state index in [2.05, 4.69) is 10.1 Å². The minimum atomic E-state index is -1.05. The highest BCUT2D eigenvalue weighted by Crippen LogP contribution is 2.28. The number of thiocarbonyl (C=S) groups is 1. The van der Waals surface area contributed by atoms with Crippen LogP contribution >= 0.6 is 12.2 Å². The van der Waals surface area contributed by atoms with Crippen molar-refractivity contribution < 1.29 is 14.7 Å². The fourth-order valence-corrected chi connectivity index (χ4v) is 3.44. The molecule has 0 fully saturated rings. The summed E-state index contributed by atoms with van der Waals surface area (Å²) in [7, 11) is 0. The number of aromatic carboxylic acids is 1. The van der Waals surface area contributed by atoms with E-state index in [1.54, 1.807) is 24.0 Å². The van der Waals surface area contributed by atoms with Gasteiger partial charge in [0.2, 0.25) is 0 Å². The highest BCUT2D eigenvalue weighted by molar-refractivity contribution is 7.80. The molecule has 1 unspecified atom stereocenters. The van der Waals surface area contributed by atoms with Crippen molar-refractivity contribution in [1.29, 1.82) is 0 Å². The summed E-state index contributed by atoms with van der Waals surface area (Å²) < 4.78 is 3.09. The van der Waals surface area contributed by atoms with Gasteiger partial charge in [0, 0.05) is 22.6 Å². The lowest BCUT2D eigenvalue weighted by Crippen LogP contribution is -2.16. The van der Waals surface area contributed by atoms with Gasteiger partial charge in [0.1, 0.15) is 5.69 Å². The summed E-state index contributed by atoms with van der Waals surface area (Å²) in [6, 6.07) is 12.7. The monoisotopic (exact) mass is 420 g/mol. The molecular formula is C22H20N4O3S. The van der Waals surface area contributed by atoms with Crippen molar-refractivity contribution in [2.45, 2.75) is 26.8 Å². The van der Waals surface area contributed by atoms with E-state index in [4.69, 9.17) is 17.1 Å². The summed E-state index contributed by atoms with van der Waals surface area (Å²) in [5, 5.41) is 14.9. The molecule has 0 aliphatic rings. The third kappa shape index (κ3) is 3.57. The summed E-state index contributed by atoms with van der Waals surface area (Å²) >= 11 is 5.18. The van der Waals surface area contributed by atoms with Crippen molar-refractivity contribution >= 4 is 34.1 Å². The van der Waals surface area contributed by atoms with Gasteiger partial charge in [0.25, 0.3) is 0 Å². The van der Waals surface area contributed by atoms with Crippen LogP contribution in [-0.2, 0) is 0 Å². The molecule has 4 rings (SSSR count). The number of nitrogens with zero attached hydrogens (tertiary/aromatic N) is 4. The summed E-state index contributed by atoms with van der Waals surface area (Å²) in [5.74, 6) is -0.359. The van der Waals surface area contributed by atoms with E-state index in [0.29, 0.717) is 22.0 Å². The molecule has 8 heteroatoms. The Morgan fingerprint density at radius 3 is 2.60 bits per heavy atom. The topological polar surface area (TPSA) is 82.2 Å². The van der Waals surface area contributed by atoms with Gasteiger partial charge in [-0.25, -0.2) is 9.78 Å². The molecule has 1 aromatic carbocycles. The van der Waals surface area contributed by atoms with E-state index in [1.165, 1.54) is 10.7 Å². The molecule has 3 heterocycles. The molecule has 7 nitrogen and oxygen atoms in total. The fraction of sp³-hybridized carbons (Fsp3) is 0.182. The second kappa shape index (κ2) is 7.72. The summed E-state index contributed by atoms with van der Waals surface area (Å²) in [6.07, 6.45) is 3.47. The Labute approximate surface area is 178 Å². The maximum Gasteiger partial charge on any atom is 0.354 e. The van der Waals surface area contributed by atoms with Gasteiger partial charge in [-0.15, -0.1) is 0 Å². The average molecular weight is 420 g/mol. The van der Waals surface area contributed by atoms with Crippen LogP contribution in [0.15, 0.2) is 54.9 Å². The number of carbonyl (C=O) groups is 1. The van der Waals surface area contributed by atoms with E-state index >= 15 is 0 Å². The minimum Gasteiger partial charge on any atom is -0.477 e. The van der Waals surface area contributed by atoms with Crippen LogP contribution in [0.25, 0.3) is 11.0 Å². The van der Waals surface area contributed by atoms with Gasteiger partial charge in [-0.3, -0.25) is 4.68 Å². The van der Waals surface area contributed by atoms with E-state index in [1.807, 2.05) is 50.2 Å². The second-order valence-corrected chi connectivity index (χ2v) is 7.69. The zero-order chi connectivity index (χ0) is 21.4. The predicted octanol–water partition coefficient (Wildman–Crippen LogP) is 4.43. The third-order valence-corrected chi connectivity index (χ3v) is 5.15. The number of hydrogen-bond donors (Lipinski definition) is 1. The number of hydrogen-bond acceptors (Lipinski definition) is 5. The summed E-state index contributed by atoms with van der Waals surface area (Å²) in [5.41, 5.74) is 3.23. The standard InChI is InChI=1S/C22H20N4O3S/c1-13-4-6-16(7-5-13)29-25-11-9-18-17(8-10-23-21(18)25)14(2)26-20(22(27)28)12-19(24-26)15(3)30/h4-12,14H,1-3H3,(H,27,28). The maximum atomic E-state index is 11.7. The molecular weight excluding hydrogens is 400 g/mol. The van der Waals surface area contributed by atoms with Gasteiger partial charge < -0.3 is 9.94 Å². The van der Waals surface area contributed by atoms with Gasteiger partial charge >= 0.3 is 5.97 Å². The molecule has 152 valence electrons. The minimum absolute atomic E-state index is 0.0852. The lowest BCUT2D eigenvalue weighted by atomic mass is 10.1. The predicted molar refractivity (Wildman–Crippen MR) is 117 cm³/mol. The highest BCUT2D eigenvalue weighted by atomic mass is 32.1. The first kappa shape index (κ1) is 19.8.